The third-order valence-electron chi connectivity index (χ3n) is 4.86. The van der Waals surface area contributed by atoms with E-state index in [0.717, 1.165) is 11.1 Å². The van der Waals surface area contributed by atoms with Crippen LogP contribution in [0, 0.1) is 13.8 Å². The Morgan fingerprint density at radius 1 is 1.14 bits per heavy atom. The summed E-state index contributed by atoms with van der Waals surface area (Å²) in [4.78, 5) is 40.8. The Labute approximate surface area is 169 Å². The molecule has 0 spiro atoms. The fourth-order valence-corrected chi connectivity index (χ4v) is 3.63. The van der Waals surface area contributed by atoms with Crippen LogP contribution in [-0.4, -0.2) is 42.3 Å². The maximum absolute atomic E-state index is 13.0. The van der Waals surface area contributed by atoms with Gasteiger partial charge in [0.05, 0.1) is 35.4 Å². The van der Waals surface area contributed by atoms with Crippen LogP contribution in [0.4, 0.5) is 11.4 Å². The number of likely N-dealkylation sites (N-methyl/N-ethyl adjacent to an activating group) is 1. The summed E-state index contributed by atoms with van der Waals surface area (Å²) >= 11 is 6.06. The van der Waals surface area contributed by atoms with Crippen LogP contribution in [0.15, 0.2) is 42.5 Å². The first-order valence-electron chi connectivity index (χ1n) is 8.97. The van der Waals surface area contributed by atoms with Crippen molar-refractivity contribution in [2.75, 3.05) is 23.8 Å². The molecule has 6 nitrogen and oxygen atoms in total. The zero-order chi connectivity index (χ0) is 20.4. The topological polar surface area (TPSA) is 69.7 Å². The Morgan fingerprint density at radius 2 is 1.79 bits per heavy atom. The van der Waals surface area contributed by atoms with Gasteiger partial charge < -0.3 is 5.32 Å². The number of para-hydroxylation sites is 2. The molecule has 0 aliphatic carbocycles. The highest BCUT2D eigenvalue weighted by Gasteiger charge is 2.42. The van der Waals surface area contributed by atoms with E-state index in [0.29, 0.717) is 16.4 Å². The van der Waals surface area contributed by atoms with Gasteiger partial charge in [-0.2, -0.15) is 0 Å². The van der Waals surface area contributed by atoms with Crippen LogP contribution in [0.2, 0.25) is 5.02 Å². The molecule has 1 fully saturated rings. The molecule has 0 radical (unpaired) electrons. The number of aryl methyl sites for hydroxylation is 2. The van der Waals surface area contributed by atoms with E-state index in [2.05, 4.69) is 5.32 Å². The third-order valence-corrected chi connectivity index (χ3v) is 5.19. The van der Waals surface area contributed by atoms with E-state index in [-0.39, 0.29) is 30.7 Å². The minimum absolute atomic E-state index is 0.0322. The van der Waals surface area contributed by atoms with Crippen LogP contribution in [0.25, 0.3) is 0 Å². The predicted molar refractivity (Wildman–Crippen MR) is 110 cm³/mol. The number of imide groups is 1. The van der Waals surface area contributed by atoms with E-state index in [1.165, 1.54) is 4.90 Å². The molecule has 2 aromatic carbocycles. The second kappa shape index (κ2) is 8.12. The molecule has 0 aromatic heterocycles. The molecule has 0 bridgehead atoms. The zero-order valence-electron chi connectivity index (χ0n) is 16.0. The Hall–Kier alpha value is -2.70. The van der Waals surface area contributed by atoms with Gasteiger partial charge in [0.15, 0.2) is 0 Å². The molecule has 3 rings (SSSR count). The van der Waals surface area contributed by atoms with E-state index in [1.807, 2.05) is 32.0 Å². The number of carbonyl (C=O) groups excluding carboxylic acids is 3. The number of halogens is 1. The SMILES string of the molecule is Cc1cccc(C)c1N1C(=O)CC(N(C)CC(=O)Nc2ccccc2Cl)C1=O. The maximum atomic E-state index is 13.0. The van der Waals surface area contributed by atoms with Gasteiger partial charge >= 0.3 is 0 Å². The molecule has 146 valence electrons. The van der Waals surface area contributed by atoms with Crippen molar-refractivity contribution in [1.82, 2.24) is 4.90 Å². The average molecular weight is 400 g/mol. The molecule has 3 amide bonds. The normalized spacial score (nSPS) is 16.8. The quantitative estimate of drug-likeness (QED) is 0.784. The second-order valence-electron chi connectivity index (χ2n) is 6.97. The van der Waals surface area contributed by atoms with Crippen molar-refractivity contribution in [2.45, 2.75) is 26.3 Å². The highest BCUT2D eigenvalue weighted by molar-refractivity contribution is 6.33. The number of benzene rings is 2. The van der Waals surface area contributed by atoms with Gasteiger partial charge in [0.25, 0.3) is 5.91 Å². The van der Waals surface area contributed by atoms with Gasteiger partial charge in [-0.25, -0.2) is 4.90 Å². The lowest BCUT2D eigenvalue weighted by molar-refractivity contribution is -0.123. The number of carbonyl (C=O) groups is 3. The smallest absolute Gasteiger partial charge is 0.251 e. The van der Waals surface area contributed by atoms with E-state index in [4.69, 9.17) is 11.6 Å². The number of rotatable bonds is 5. The molecule has 1 aliphatic rings. The predicted octanol–water partition coefficient (Wildman–Crippen LogP) is 3.16. The van der Waals surface area contributed by atoms with Crippen LogP contribution >= 0.6 is 11.6 Å². The Kier molecular flexibility index (Phi) is 5.82. The van der Waals surface area contributed by atoms with Crippen LogP contribution in [-0.2, 0) is 14.4 Å². The molecular weight excluding hydrogens is 378 g/mol. The standard InChI is InChI=1S/C21H22ClN3O3/c1-13-7-6-8-14(2)20(13)25-19(27)11-17(21(25)28)24(3)12-18(26)23-16-10-5-4-9-15(16)22/h4-10,17H,11-12H2,1-3H3,(H,23,26). The first kappa shape index (κ1) is 20.0. The highest BCUT2D eigenvalue weighted by atomic mass is 35.5. The summed E-state index contributed by atoms with van der Waals surface area (Å²) in [5.74, 6) is -0.873. The summed E-state index contributed by atoms with van der Waals surface area (Å²) in [6.45, 7) is 3.71. The highest BCUT2D eigenvalue weighted by Crippen LogP contribution is 2.31. The monoisotopic (exact) mass is 399 g/mol. The van der Waals surface area contributed by atoms with E-state index < -0.39 is 6.04 Å². The molecular formula is C21H22ClN3O3. The molecule has 1 aliphatic heterocycles. The molecule has 1 saturated heterocycles. The van der Waals surface area contributed by atoms with Crippen molar-refractivity contribution in [2.24, 2.45) is 0 Å². The molecule has 0 saturated carbocycles. The van der Waals surface area contributed by atoms with Gasteiger partial charge in [0.2, 0.25) is 11.8 Å². The Balaban J connectivity index is 1.72. The Morgan fingerprint density at radius 3 is 2.43 bits per heavy atom. The van der Waals surface area contributed by atoms with Crippen molar-refractivity contribution in [1.29, 1.82) is 0 Å². The van der Waals surface area contributed by atoms with E-state index >= 15 is 0 Å². The summed E-state index contributed by atoms with van der Waals surface area (Å²) in [5, 5.41) is 3.17. The summed E-state index contributed by atoms with van der Waals surface area (Å²) in [6.07, 6.45) is 0.0441. The van der Waals surface area contributed by atoms with Crippen LogP contribution in [0.3, 0.4) is 0 Å². The molecule has 7 heteroatoms. The van der Waals surface area contributed by atoms with Gasteiger partial charge in [0, 0.05) is 0 Å². The summed E-state index contributed by atoms with van der Waals surface area (Å²) in [6, 6.07) is 11.9. The Bertz CT molecular complexity index is 924. The van der Waals surface area contributed by atoms with Crippen LogP contribution in [0.1, 0.15) is 17.5 Å². The van der Waals surface area contributed by atoms with Crippen molar-refractivity contribution < 1.29 is 14.4 Å². The maximum Gasteiger partial charge on any atom is 0.251 e. The van der Waals surface area contributed by atoms with Crippen molar-refractivity contribution >= 4 is 40.7 Å². The van der Waals surface area contributed by atoms with Crippen molar-refractivity contribution in [3.8, 4) is 0 Å². The minimum atomic E-state index is -0.677. The molecule has 1 N–H and O–H groups in total. The molecule has 1 atom stereocenters. The first-order chi connectivity index (χ1) is 13.3. The average Bonchev–Trinajstić information content (AvgIpc) is 2.92. The van der Waals surface area contributed by atoms with E-state index in [1.54, 1.807) is 36.2 Å². The lowest BCUT2D eigenvalue weighted by Gasteiger charge is -2.23. The molecule has 1 unspecified atom stereocenters. The summed E-state index contributed by atoms with van der Waals surface area (Å²) < 4.78 is 0. The third kappa shape index (κ3) is 3.93. The lowest BCUT2D eigenvalue weighted by atomic mass is 10.1. The number of nitrogens with zero attached hydrogens (tertiary/aromatic N) is 2. The second-order valence-corrected chi connectivity index (χ2v) is 7.38. The molecule has 2 aromatic rings. The number of amides is 3. The van der Waals surface area contributed by atoms with Crippen LogP contribution < -0.4 is 10.2 Å². The van der Waals surface area contributed by atoms with Crippen molar-refractivity contribution in [3.05, 3.63) is 58.6 Å². The van der Waals surface area contributed by atoms with Gasteiger partial charge in [-0.1, -0.05) is 41.9 Å². The first-order valence-corrected chi connectivity index (χ1v) is 9.35. The largest absolute Gasteiger partial charge is 0.324 e. The zero-order valence-corrected chi connectivity index (χ0v) is 16.8. The summed E-state index contributed by atoms with van der Waals surface area (Å²) in [5.41, 5.74) is 2.87. The van der Waals surface area contributed by atoms with Crippen LogP contribution in [0.5, 0.6) is 0 Å². The minimum Gasteiger partial charge on any atom is -0.324 e. The fourth-order valence-electron chi connectivity index (χ4n) is 3.44. The summed E-state index contributed by atoms with van der Waals surface area (Å²) in [7, 11) is 1.66. The number of nitrogens with one attached hydrogen (secondary N) is 1. The van der Waals surface area contributed by atoms with E-state index in [9.17, 15) is 14.4 Å². The van der Waals surface area contributed by atoms with Gasteiger partial charge in [0.1, 0.15) is 0 Å². The lowest BCUT2D eigenvalue weighted by Crippen LogP contribution is -2.43. The fraction of sp³-hybridized carbons (Fsp3) is 0.286. The number of hydrogen-bond acceptors (Lipinski definition) is 4. The number of hydrogen-bond donors (Lipinski definition) is 1. The van der Waals surface area contributed by atoms with Gasteiger partial charge in [-0.05, 0) is 44.2 Å². The molecule has 1 heterocycles. The number of anilines is 2. The van der Waals surface area contributed by atoms with Crippen molar-refractivity contribution in [3.63, 3.8) is 0 Å². The molecule has 28 heavy (non-hydrogen) atoms. The van der Waals surface area contributed by atoms with Gasteiger partial charge in [-0.3, -0.25) is 19.3 Å². The van der Waals surface area contributed by atoms with Gasteiger partial charge in [-0.15, -0.1) is 0 Å².